The predicted molar refractivity (Wildman–Crippen MR) is 71.7 cm³/mol. The fourth-order valence-electron chi connectivity index (χ4n) is 1.93. The number of aromatic amines is 1. The molecule has 4 heteroatoms. The van der Waals surface area contributed by atoms with Crippen molar-refractivity contribution < 1.29 is 0 Å². The lowest BCUT2D eigenvalue weighted by Gasteiger charge is -2.03. The van der Waals surface area contributed by atoms with E-state index in [1.165, 1.54) is 0 Å². The Hall–Kier alpha value is -1.81. The van der Waals surface area contributed by atoms with Gasteiger partial charge in [-0.25, -0.2) is 4.98 Å². The second-order valence-corrected chi connectivity index (χ2v) is 4.58. The molecule has 84 valence electrons. The van der Waals surface area contributed by atoms with Crippen molar-refractivity contribution in [3.05, 3.63) is 46.8 Å². The van der Waals surface area contributed by atoms with Gasteiger partial charge in [0.05, 0.1) is 21.4 Å². The topological polar surface area (TPSA) is 45.8 Å². The van der Waals surface area contributed by atoms with E-state index in [0.717, 1.165) is 21.4 Å². The Bertz CT molecular complexity index is 764. The van der Waals surface area contributed by atoms with Gasteiger partial charge in [0.1, 0.15) is 0 Å². The Balaban J connectivity index is 2.57. The highest BCUT2D eigenvalue weighted by Gasteiger charge is 2.06. The van der Waals surface area contributed by atoms with Gasteiger partial charge in [0.15, 0.2) is 0 Å². The molecule has 0 spiro atoms. The van der Waals surface area contributed by atoms with E-state index in [2.05, 4.69) is 9.97 Å². The van der Waals surface area contributed by atoms with Crippen LogP contribution in [0.25, 0.3) is 21.8 Å². The summed E-state index contributed by atoms with van der Waals surface area (Å²) in [5.41, 5.74) is 1.52. The molecule has 0 saturated heterocycles. The third-order valence-corrected chi connectivity index (χ3v) is 3.40. The van der Waals surface area contributed by atoms with Crippen LogP contribution in [0.4, 0.5) is 0 Å². The van der Waals surface area contributed by atoms with Crippen LogP contribution in [0.5, 0.6) is 0 Å². The monoisotopic (exact) mass is 242 g/mol. The number of aromatic nitrogens is 2. The number of hydrogen-bond acceptors (Lipinski definition) is 3. The number of thioether (sulfide) groups is 1. The molecule has 0 bridgehead atoms. The summed E-state index contributed by atoms with van der Waals surface area (Å²) >= 11 is 1.57. The summed E-state index contributed by atoms with van der Waals surface area (Å²) in [5, 5.41) is 2.55. The summed E-state index contributed by atoms with van der Waals surface area (Å²) in [5.74, 6) is 0. The van der Waals surface area contributed by atoms with Gasteiger partial charge in [-0.15, -0.1) is 11.8 Å². The maximum atomic E-state index is 11.9. The van der Waals surface area contributed by atoms with Gasteiger partial charge in [0.2, 0.25) is 0 Å². The van der Waals surface area contributed by atoms with Gasteiger partial charge in [0, 0.05) is 5.39 Å². The largest absolute Gasteiger partial charge is 0.321 e. The number of rotatable bonds is 1. The van der Waals surface area contributed by atoms with Gasteiger partial charge < -0.3 is 4.98 Å². The average molecular weight is 242 g/mol. The third kappa shape index (κ3) is 1.61. The highest BCUT2D eigenvalue weighted by atomic mass is 32.2. The van der Waals surface area contributed by atoms with Crippen LogP contribution in [-0.4, -0.2) is 16.2 Å². The predicted octanol–water partition coefficient (Wildman–Crippen LogP) is 2.80. The van der Waals surface area contributed by atoms with Crippen LogP contribution >= 0.6 is 11.8 Å². The standard InChI is InChI=1S/C13H10N2OS/c1-17-11-7-6-9-12(15-11)8-4-2-3-5-10(8)14-13(9)16/h2-7H,1H3,(H,14,16). The number of H-pyrrole nitrogens is 1. The number of hydrogen-bond donors (Lipinski definition) is 1. The second-order valence-electron chi connectivity index (χ2n) is 3.75. The van der Waals surface area contributed by atoms with Crippen molar-refractivity contribution in [2.45, 2.75) is 5.03 Å². The number of nitrogens with one attached hydrogen (secondary N) is 1. The van der Waals surface area contributed by atoms with Crippen molar-refractivity contribution in [2.75, 3.05) is 6.26 Å². The minimum atomic E-state index is -0.0844. The summed E-state index contributed by atoms with van der Waals surface area (Å²) in [6, 6.07) is 11.4. The molecule has 2 heterocycles. The lowest BCUT2D eigenvalue weighted by molar-refractivity contribution is 1.19. The van der Waals surface area contributed by atoms with E-state index in [1.807, 2.05) is 42.7 Å². The number of fused-ring (bicyclic) bond motifs is 3. The van der Waals surface area contributed by atoms with E-state index >= 15 is 0 Å². The molecule has 0 aliphatic carbocycles. The van der Waals surface area contributed by atoms with Gasteiger partial charge >= 0.3 is 0 Å². The molecule has 0 amide bonds. The molecule has 1 aromatic carbocycles. The molecule has 0 radical (unpaired) electrons. The second kappa shape index (κ2) is 3.89. The van der Waals surface area contributed by atoms with Crippen molar-refractivity contribution in [1.29, 1.82) is 0 Å². The van der Waals surface area contributed by atoms with E-state index in [0.29, 0.717) is 5.39 Å². The molecule has 0 unspecified atom stereocenters. The van der Waals surface area contributed by atoms with E-state index in [9.17, 15) is 4.79 Å². The first kappa shape index (κ1) is 10.4. The number of para-hydroxylation sites is 1. The Labute approximate surface area is 102 Å². The fraction of sp³-hybridized carbons (Fsp3) is 0.0769. The van der Waals surface area contributed by atoms with Gasteiger partial charge in [-0.1, -0.05) is 18.2 Å². The summed E-state index contributed by atoms with van der Waals surface area (Å²) in [4.78, 5) is 19.3. The zero-order valence-corrected chi connectivity index (χ0v) is 10.0. The summed E-state index contributed by atoms with van der Waals surface area (Å²) in [6.07, 6.45) is 1.98. The zero-order chi connectivity index (χ0) is 11.8. The van der Waals surface area contributed by atoms with E-state index in [-0.39, 0.29) is 5.56 Å². The molecule has 17 heavy (non-hydrogen) atoms. The van der Waals surface area contributed by atoms with Crippen LogP contribution in [0.2, 0.25) is 0 Å². The Morgan fingerprint density at radius 1 is 1.12 bits per heavy atom. The highest BCUT2D eigenvalue weighted by Crippen LogP contribution is 2.21. The summed E-state index contributed by atoms with van der Waals surface area (Å²) in [7, 11) is 0. The van der Waals surface area contributed by atoms with Gasteiger partial charge in [-0.3, -0.25) is 4.79 Å². The average Bonchev–Trinajstić information content (AvgIpc) is 2.38. The van der Waals surface area contributed by atoms with Crippen LogP contribution in [0, 0.1) is 0 Å². The van der Waals surface area contributed by atoms with Crippen LogP contribution in [0.1, 0.15) is 0 Å². The van der Waals surface area contributed by atoms with Crippen molar-refractivity contribution >= 4 is 33.6 Å². The normalized spacial score (nSPS) is 11.1. The molecule has 3 rings (SSSR count). The number of pyridine rings is 2. The first-order valence-corrected chi connectivity index (χ1v) is 6.48. The third-order valence-electron chi connectivity index (χ3n) is 2.75. The fourth-order valence-corrected chi connectivity index (χ4v) is 2.32. The molecule has 0 aliphatic heterocycles. The number of benzene rings is 1. The molecule has 2 aromatic heterocycles. The first-order valence-electron chi connectivity index (χ1n) is 5.25. The van der Waals surface area contributed by atoms with Crippen molar-refractivity contribution in [3.63, 3.8) is 0 Å². The zero-order valence-electron chi connectivity index (χ0n) is 9.23. The van der Waals surface area contributed by atoms with Crippen LogP contribution < -0.4 is 5.56 Å². The molecular weight excluding hydrogens is 232 g/mol. The van der Waals surface area contributed by atoms with E-state index < -0.39 is 0 Å². The first-order chi connectivity index (χ1) is 8.29. The Kier molecular flexibility index (Phi) is 2.37. The minimum absolute atomic E-state index is 0.0844. The van der Waals surface area contributed by atoms with Crippen LogP contribution in [0.3, 0.4) is 0 Å². The molecule has 3 nitrogen and oxygen atoms in total. The van der Waals surface area contributed by atoms with E-state index in [1.54, 1.807) is 11.8 Å². The molecule has 0 fully saturated rings. The SMILES string of the molecule is CSc1ccc2c(=O)[nH]c3ccccc3c2n1. The minimum Gasteiger partial charge on any atom is -0.321 e. The summed E-state index contributed by atoms with van der Waals surface area (Å²) in [6.45, 7) is 0. The molecule has 0 aliphatic rings. The maximum absolute atomic E-state index is 11.9. The smallest absolute Gasteiger partial charge is 0.257 e. The molecule has 3 aromatic rings. The van der Waals surface area contributed by atoms with Crippen molar-refractivity contribution in [2.24, 2.45) is 0 Å². The van der Waals surface area contributed by atoms with Gasteiger partial charge in [-0.2, -0.15) is 0 Å². The lowest BCUT2D eigenvalue weighted by Crippen LogP contribution is -2.07. The van der Waals surface area contributed by atoms with E-state index in [4.69, 9.17) is 0 Å². The summed E-state index contributed by atoms with van der Waals surface area (Å²) < 4.78 is 0. The highest BCUT2D eigenvalue weighted by molar-refractivity contribution is 7.98. The van der Waals surface area contributed by atoms with Crippen LogP contribution in [0.15, 0.2) is 46.2 Å². The molecule has 1 N–H and O–H groups in total. The Morgan fingerprint density at radius 3 is 2.76 bits per heavy atom. The van der Waals surface area contributed by atoms with Gasteiger partial charge in [0.25, 0.3) is 5.56 Å². The van der Waals surface area contributed by atoms with Crippen LogP contribution in [-0.2, 0) is 0 Å². The van der Waals surface area contributed by atoms with Crippen molar-refractivity contribution in [3.8, 4) is 0 Å². The molecule has 0 atom stereocenters. The number of nitrogens with zero attached hydrogens (tertiary/aromatic N) is 1. The van der Waals surface area contributed by atoms with Gasteiger partial charge in [-0.05, 0) is 24.5 Å². The molecule has 0 saturated carbocycles. The molecular formula is C13H10N2OS. The lowest BCUT2D eigenvalue weighted by atomic mass is 10.1. The maximum Gasteiger partial charge on any atom is 0.257 e. The Morgan fingerprint density at radius 2 is 1.94 bits per heavy atom. The van der Waals surface area contributed by atoms with Crippen molar-refractivity contribution in [1.82, 2.24) is 9.97 Å². The quantitative estimate of drug-likeness (QED) is 0.527.